The molecular formula is C16H13NO4S. The van der Waals surface area contributed by atoms with E-state index in [1.807, 2.05) is 0 Å². The van der Waals surface area contributed by atoms with Crippen LogP contribution in [-0.2, 0) is 0 Å². The highest BCUT2D eigenvalue weighted by Gasteiger charge is 2.36. The van der Waals surface area contributed by atoms with Crippen molar-refractivity contribution in [3.63, 3.8) is 0 Å². The van der Waals surface area contributed by atoms with Gasteiger partial charge in [-0.25, -0.2) is 4.31 Å². The van der Waals surface area contributed by atoms with Crippen LogP contribution < -0.4 is 9.47 Å². The molecule has 6 heteroatoms. The summed E-state index contributed by atoms with van der Waals surface area (Å²) < 4.78 is 11.6. The zero-order valence-electron chi connectivity index (χ0n) is 12.0. The highest BCUT2D eigenvalue weighted by molar-refractivity contribution is 7.98. The summed E-state index contributed by atoms with van der Waals surface area (Å²) in [6, 6.07) is 12.0. The highest BCUT2D eigenvalue weighted by atomic mass is 32.2. The molecule has 0 aliphatic carbocycles. The van der Waals surface area contributed by atoms with Crippen LogP contribution in [0.4, 0.5) is 0 Å². The van der Waals surface area contributed by atoms with Crippen LogP contribution >= 0.6 is 11.9 Å². The molecule has 0 unspecified atom stereocenters. The average molecular weight is 315 g/mol. The van der Waals surface area contributed by atoms with Gasteiger partial charge in [-0.2, -0.15) is 0 Å². The fraction of sp³-hybridized carbons (Fsp3) is 0.125. The number of fused-ring (bicyclic) bond motifs is 1. The van der Waals surface area contributed by atoms with Gasteiger partial charge in [0.1, 0.15) is 11.5 Å². The number of benzene rings is 2. The Balaban J connectivity index is 1.92. The van der Waals surface area contributed by atoms with Crippen molar-refractivity contribution in [3.05, 3.63) is 53.6 Å². The number of imide groups is 1. The third-order valence-corrected chi connectivity index (χ3v) is 4.37. The SMILES string of the molecule is COc1ccc(SN2C(=O)c3ccccc3C2=O)c(OC)c1. The molecule has 1 heterocycles. The number of rotatable bonds is 4. The summed E-state index contributed by atoms with van der Waals surface area (Å²) in [6.07, 6.45) is 0. The van der Waals surface area contributed by atoms with Crippen LogP contribution in [0.15, 0.2) is 47.4 Å². The molecule has 0 radical (unpaired) electrons. The number of hydrogen-bond donors (Lipinski definition) is 0. The summed E-state index contributed by atoms with van der Waals surface area (Å²) in [5.74, 6) is 0.552. The fourth-order valence-electron chi connectivity index (χ4n) is 2.20. The molecule has 0 aromatic heterocycles. The summed E-state index contributed by atoms with van der Waals surface area (Å²) in [5, 5.41) is 0. The van der Waals surface area contributed by atoms with Gasteiger partial charge >= 0.3 is 0 Å². The summed E-state index contributed by atoms with van der Waals surface area (Å²) in [7, 11) is 3.09. The lowest BCUT2D eigenvalue weighted by atomic mass is 10.1. The van der Waals surface area contributed by atoms with Crippen molar-refractivity contribution in [1.29, 1.82) is 0 Å². The van der Waals surface area contributed by atoms with E-state index in [2.05, 4.69) is 0 Å². The van der Waals surface area contributed by atoms with Crippen LogP contribution in [-0.4, -0.2) is 30.3 Å². The number of carbonyl (C=O) groups is 2. The average Bonchev–Trinajstić information content (AvgIpc) is 2.80. The minimum atomic E-state index is -0.316. The van der Waals surface area contributed by atoms with Crippen LogP contribution in [0.5, 0.6) is 11.5 Å². The maximum atomic E-state index is 12.4. The van der Waals surface area contributed by atoms with Crippen molar-refractivity contribution in [2.24, 2.45) is 0 Å². The molecule has 22 heavy (non-hydrogen) atoms. The number of ether oxygens (including phenoxy) is 2. The molecule has 0 N–H and O–H groups in total. The van der Waals surface area contributed by atoms with E-state index >= 15 is 0 Å². The largest absolute Gasteiger partial charge is 0.497 e. The molecule has 0 fully saturated rings. The minimum absolute atomic E-state index is 0.316. The second-order valence-electron chi connectivity index (χ2n) is 4.56. The van der Waals surface area contributed by atoms with Crippen LogP contribution in [0.2, 0.25) is 0 Å². The summed E-state index contributed by atoms with van der Waals surface area (Å²) in [4.78, 5) is 25.4. The zero-order valence-corrected chi connectivity index (χ0v) is 12.8. The van der Waals surface area contributed by atoms with E-state index in [1.54, 1.807) is 49.6 Å². The minimum Gasteiger partial charge on any atom is -0.497 e. The van der Waals surface area contributed by atoms with E-state index in [1.165, 1.54) is 7.11 Å². The maximum absolute atomic E-state index is 12.4. The van der Waals surface area contributed by atoms with Gasteiger partial charge in [-0.3, -0.25) is 9.59 Å². The fourth-order valence-corrected chi connectivity index (χ4v) is 3.12. The monoisotopic (exact) mass is 315 g/mol. The molecule has 0 saturated carbocycles. The number of nitrogens with zero attached hydrogens (tertiary/aromatic N) is 1. The molecule has 3 rings (SSSR count). The van der Waals surface area contributed by atoms with Gasteiger partial charge in [0.15, 0.2) is 0 Å². The third kappa shape index (κ3) is 2.31. The summed E-state index contributed by atoms with van der Waals surface area (Å²) in [6.45, 7) is 0. The molecular weight excluding hydrogens is 302 g/mol. The molecule has 1 aliphatic heterocycles. The van der Waals surface area contributed by atoms with Crippen LogP contribution in [0.25, 0.3) is 0 Å². The normalized spacial score (nSPS) is 13.3. The van der Waals surface area contributed by atoms with Gasteiger partial charge in [-0.05, 0) is 24.3 Å². The van der Waals surface area contributed by atoms with Crippen LogP contribution in [0, 0.1) is 0 Å². The predicted molar refractivity (Wildman–Crippen MR) is 82.3 cm³/mol. The zero-order chi connectivity index (χ0) is 15.7. The summed E-state index contributed by atoms with van der Waals surface area (Å²) in [5.41, 5.74) is 0.847. The Morgan fingerprint density at radius 2 is 1.55 bits per heavy atom. The van der Waals surface area contributed by atoms with Crippen molar-refractivity contribution in [3.8, 4) is 11.5 Å². The Morgan fingerprint density at radius 3 is 2.09 bits per heavy atom. The van der Waals surface area contributed by atoms with Gasteiger partial charge < -0.3 is 9.47 Å². The molecule has 2 amide bonds. The first-order chi connectivity index (χ1) is 10.7. The van der Waals surface area contributed by atoms with E-state index in [4.69, 9.17) is 9.47 Å². The Morgan fingerprint density at radius 1 is 0.909 bits per heavy atom. The smallest absolute Gasteiger partial charge is 0.272 e. The van der Waals surface area contributed by atoms with Crippen molar-refractivity contribution >= 4 is 23.8 Å². The lowest BCUT2D eigenvalue weighted by Gasteiger charge is -2.15. The van der Waals surface area contributed by atoms with Gasteiger partial charge in [0.05, 0.1) is 30.2 Å². The van der Waals surface area contributed by atoms with Crippen LogP contribution in [0.1, 0.15) is 20.7 Å². The molecule has 0 spiro atoms. The molecule has 1 aliphatic rings. The summed E-state index contributed by atoms with van der Waals surface area (Å²) >= 11 is 1.05. The third-order valence-electron chi connectivity index (χ3n) is 3.32. The quantitative estimate of drug-likeness (QED) is 0.641. The Hall–Kier alpha value is -2.47. The predicted octanol–water partition coefficient (Wildman–Crippen LogP) is 3.01. The number of methoxy groups -OCH3 is 2. The molecule has 2 aromatic carbocycles. The number of amides is 2. The first kappa shape index (κ1) is 14.5. The molecule has 2 aromatic rings. The van der Waals surface area contributed by atoms with E-state index in [0.717, 1.165) is 16.3 Å². The molecule has 112 valence electrons. The second-order valence-corrected chi connectivity index (χ2v) is 5.55. The van der Waals surface area contributed by atoms with E-state index in [-0.39, 0.29) is 11.8 Å². The van der Waals surface area contributed by atoms with E-state index < -0.39 is 0 Å². The topological polar surface area (TPSA) is 55.8 Å². The number of hydrogen-bond acceptors (Lipinski definition) is 5. The van der Waals surface area contributed by atoms with Crippen molar-refractivity contribution in [2.45, 2.75) is 4.90 Å². The maximum Gasteiger partial charge on any atom is 0.272 e. The molecule has 0 atom stereocenters. The van der Waals surface area contributed by atoms with Gasteiger partial charge in [-0.15, -0.1) is 0 Å². The molecule has 0 saturated heterocycles. The van der Waals surface area contributed by atoms with Gasteiger partial charge in [0.25, 0.3) is 11.8 Å². The number of carbonyl (C=O) groups excluding carboxylic acids is 2. The lowest BCUT2D eigenvalue weighted by molar-refractivity contribution is 0.0777. The second kappa shape index (κ2) is 5.73. The Labute approximate surface area is 132 Å². The first-order valence-electron chi connectivity index (χ1n) is 6.53. The lowest BCUT2D eigenvalue weighted by Crippen LogP contribution is -2.22. The standard InChI is InChI=1S/C16H13NO4S/c1-20-10-7-8-14(13(9-10)21-2)22-17-15(18)11-5-3-4-6-12(11)16(17)19/h3-9H,1-2H3. The van der Waals surface area contributed by atoms with Crippen molar-refractivity contribution in [1.82, 2.24) is 4.31 Å². The highest BCUT2D eigenvalue weighted by Crippen LogP contribution is 2.38. The van der Waals surface area contributed by atoms with Crippen LogP contribution in [0.3, 0.4) is 0 Å². The Bertz CT molecular complexity index is 725. The van der Waals surface area contributed by atoms with Crippen molar-refractivity contribution in [2.75, 3.05) is 14.2 Å². The van der Waals surface area contributed by atoms with E-state index in [9.17, 15) is 9.59 Å². The van der Waals surface area contributed by atoms with Gasteiger partial charge in [0.2, 0.25) is 0 Å². The van der Waals surface area contributed by atoms with E-state index in [0.29, 0.717) is 27.5 Å². The van der Waals surface area contributed by atoms with Gasteiger partial charge in [0, 0.05) is 18.0 Å². The molecule has 0 bridgehead atoms. The van der Waals surface area contributed by atoms with Gasteiger partial charge in [-0.1, -0.05) is 12.1 Å². The van der Waals surface area contributed by atoms with Crippen molar-refractivity contribution < 1.29 is 19.1 Å². The Kier molecular flexibility index (Phi) is 3.77. The first-order valence-corrected chi connectivity index (χ1v) is 7.31. The molecule has 5 nitrogen and oxygen atoms in total.